The first-order valence-corrected chi connectivity index (χ1v) is 12.2. The summed E-state index contributed by atoms with van der Waals surface area (Å²) < 4.78 is 4.82. The molecule has 0 radical (unpaired) electrons. The molecule has 0 bridgehead atoms. The van der Waals surface area contributed by atoms with E-state index in [1.165, 1.54) is 7.11 Å². The van der Waals surface area contributed by atoms with E-state index in [0.717, 1.165) is 51.4 Å². The van der Waals surface area contributed by atoms with Crippen molar-refractivity contribution < 1.29 is 24.9 Å². The van der Waals surface area contributed by atoms with Gasteiger partial charge >= 0.3 is 5.97 Å². The van der Waals surface area contributed by atoms with Gasteiger partial charge in [0.1, 0.15) is 0 Å². The molecular weight excluding hydrogens is 380 g/mol. The number of carbonyl (C=O) groups is 1. The molecular formula is C25H42O5. The molecule has 3 N–H and O–H groups in total. The molecule has 4 rings (SSSR count). The van der Waals surface area contributed by atoms with Crippen molar-refractivity contribution in [3.8, 4) is 0 Å². The van der Waals surface area contributed by atoms with Crippen molar-refractivity contribution in [3.63, 3.8) is 0 Å². The average Bonchev–Trinajstić information content (AvgIpc) is 2.97. The lowest BCUT2D eigenvalue weighted by atomic mass is 9.43. The molecule has 0 aromatic rings. The highest BCUT2D eigenvalue weighted by Crippen LogP contribution is 2.68. The molecule has 4 fully saturated rings. The van der Waals surface area contributed by atoms with Gasteiger partial charge in [0.05, 0.1) is 25.4 Å². The summed E-state index contributed by atoms with van der Waals surface area (Å²) in [7, 11) is 1.43. The Labute approximate surface area is 181 Å². The van der Waals surface area contributed by atoms with E-state index >= 15 is 0 Å². The van der Waals surface area contributed by atoms with Crippen LogP contribution in [0.5, 0.6) is 0 Å². The van der Waals surface area contributed by atoms with E-state index < -0.39 is 0 Å². The van der Waals surface area contributed by atoms with Crippen molar-refractivity contribution in [1.29, 1.82) is 0 Å². The molecule has 0 amide bonds. The van der Waals surface area contributed by atoms with Crippen LogP contribution < -0.4 is 0 Å². The first-order chi connectivity index (χ1) is 14.1. The van der Waals surface area contributed by atoms with E-state index in [1.807, 2.05) is 0 Å². The molecule has 0 aromatic carbocycles. The first-order valence-electron chi connectivity index (χ1n) is 12.2. The summed E-state index contributed by atoms with van der Waals surface area (Å²) >= 11 is 0. The number of fused-ring (bicyclic) bond motifs is 5. The van der Waals surface area contributed by atoms with Crippen molar-refractivity contribution in [3.05, 3.63) is 0 Å². The molecule has 4 aliphatic rings. The van der Waals surface area contributed by atoms with Crippen LogP contribution in [-0.2, 0) is 9.53 Å². The summed E-state index contributed by atoms with van der Waals surface area (Å²) in [6.07, 6.45) is 6.74. The fourth-order valence-electron chi connectivity index (χ4n) is 8.91. The second kappa shape index (κ2) is 8.04. The molecule has 0 unspecified atom stereocenters. The fraction of sp³-hybridized carbons (Fsp3) is 0.960. The van der Waals surface area contributed by atoms with Gasteiger partial charge in [0.15, 0.2) is 0 Å². The summed E-state index contributed by atoms with van der Waals surface area (Å²) in [6.45, 7) is 6.93. The Morgan fingerprint density at radius 2 is 1.70 bits per heavy atom. The van der Waals surface area contributed by atoms with Gasteiger partial charge in [-0.05, 0) is 97.7 Å². The highest BCUT2D eigenvalue weighted by molar-refractivity contribution is 5.69. The van der Waals surface area contributed by atoms with Gasteiger partial charge in [0.25, 0.3) is 0 Å². The maximum absolute atomic E-state index is 11.7. The second-order valence-electron chi connectivity index (χ2n) is 11.7. The van der Waals surface area contributed by atoms with Gasteiger partial charge in [-0.2, -0.15) is 0 Å². The maximum atomic E-state index is 11.7. The van der Waals surface area contributed by atoms with E-state index in [1.54, 1.807) is 0 Å². The Balaban J connectivity index is 1.57. The number of carbonyl (C=O) groups excluding carboxylic acids is 1. The van der Waals surface area contributed by atoms with E-state index in [-0.39, 0.29) is 52.9 Å². The van der Waals surface area contributed by atoms with E-state index in [0.29, 0.717) is 24.2 Å². The fourth-order valence-corrected chi connectivity index (χ4v) is 8.91. The summed E-state index contributed by atoms with van der Waals surface area (Å²) in [5, 5.41) is 32.7. The number of hydrogen-bond donors (Lipinski definition) is 3. The zero-order chi connectivity index (χ0) is 21.8. The number of rotatable bonds is 4. The third kappa shape index (κ3) is 3.44. The molecule has 172 valence electrons. The largest absolute Gasteiger partial charge is 0.469 e. The van der Waals surface area contributed by atoms with Gasteiger partial charge in [-0.1, -0.05) is 20.8 Å². The van der Waals surface area contributed by atoms with Crippen LogP contribution in [0.15, 0.2) is 0 Å². The molecule has 4 aliphatic carbocycles. The summed E-state index contributed by atoms with van der Waals surface area (Å²) in [5.41, 5.74) is 0.207. The van der Waals surface area contributed by atoms with Crippen molar-refractivity contribution in [2.45, 2.75) is 96.9 Å². The minimum atomic E-state index is -0.364. The number of aliphatic hydroxyl groups excluding tert-OH is 3. The van der Waals surface area contributed by atoms with Gasteiger partial charge in [-0.25, -0.2) is 0 Å². The molecule has 5 nitrogen and oxygen atoms in total. The highest BCUT2D eigenvalue weighted by atomic mass is 16.5. The normalized spacial score (nSPS) is 51.4. The predicted octanol–water partition coefficient (Wildman–Crippen LogP) is 3.54. The lowest BCUT2D eigenvalue weighted by Gasteiger charge is -2.62. The average molecular weight is 423 g/mol. The van der Waals surface area contributed by atoms with Crippen LogP contribution in [0.2, 0.25) is 0 Å². The second-order valence-corrected chi connectivity index (χ2v) is 11.7. The van der Waals surface area contributed by atoms with Crippen LogP contribution in [0, 0.1) is 46.3 Å². The Morgan fingerprint density at radius 3 is 2.40 bits per heavy atom. The summed E-state index contributed by atoms with van der Waals surface area (Å²) in [4.78, 5) is 11.7. The molecule has 11 atom stereocenters. The smallest absolute Gasteiger partial charge is 0.305 e. The van der Waals surface area contributed by atoms with Crippen molar-refractivity contribution >= 4 is 5.97 Å². The Morgan fingerprint density at radius 1 is 1.00 bits per heavy atom. The van der Waals surface area contributed by atoms with Gasteiger partial charge in [-0.15, -0.1) is 0 Å². The highest BCUT2D eigenvalue weighted by Gasteiger charge is 2.64. The lowest BCUT2D eigenvalue weighted by molar-refractivity contribution is -0.174. The van der Waals surface area contributed by atoms with Gasteiger partial charge in [-0.3, -0.25) is 4.79 Å². The number of ether oxygens (including phenoxy) is 1. The molecule has 0 heterocycles. The Bertz CT molecular complexity index is 651. The molecule has 30 heavy (non-hydrogen) atoms. The number of aliphatic hydroxyl groups is 3. The maximum Gasteiger partial charge on any atom is 0.305 e. The quantitative estimate of drug-likeness (QED) is 0.603. The zero-order valence-corrected chi connectivity index (χ0v) is 19.2. The summed E-state index contributed by atoms with van der Waals surface area (Å²) in [6, 6.07) is 0. The number of esters is 1. The van der Waals surface area contributed by atoms with E-state index in [9.17, 15) is 20.1 Å². The molecule has 0 aromatic heterocycles. The molecule has 4 saturated carbocycles. The topological polar surface area (TPSA) is 87.0 Å². The van der Waals surface area contributed by atoms with Crippen molar-refractivity contribution in [2.24, 2.45) is 46.3 Å². The monoisotopic (exact) mass is 422 g/mol. The zero-order valence-electron chi connectivity index (χ0n) is 19.2. The van der Waals surface area contributed by atoms with Crippen LogP contribution in [0.4, 0.5) is 0 Å². The van der Waals surface area contributed by atoms with Crippen LogP contribution in [0.3, 0.4) is 0 Å². The molecule has 0 aliphatic heterocycles. The van der Waals surface area contributed by atoms with Crippen LogP contribution in [0.25, 0.3) is 0 Å². The van der Waals surface area contributed by atoms with Crippen molar-refractivity contribution in [1.82, 2.24) is 0 Å². The van der Waals surface area contributed by atoms with Crippen molar-refractivity contribution in [2.75, 3.05) is 7.11 Å². The molecule has 0 saturated heterocycles. The SMILES string of the molecule is COC(=O)CC[C@@H](C)[C@H]1[C@H](O)C[C@H]2[C@@H]3[C@H](O)C[C@@H]4C[C@H](O)CC[C@]4(C)[C@H]3CC[C@]12C. The van der Waals surface area contributed by atoms with Crippen LogP contribution >= 0.6 is 0 Å². The van der Waals surface area contributed by atoms with E-state index in [4.69, 9.17) is 4.74 Å². The number of hydrogen-bond acceptors (Lipinski definition) is 5. The molecule has 0 spiro atoms. The summed E-state index contributed by atoms with van der Waals surface area (Å²) in [5.74, 6) is 1.69. The van der Waals surface area contributed by atoms with Crippen LogP contribution in [0.1, 0.15) is 78.6 Å². The first kappa shape index (κ1) is 22.5. The van der Waals surface area contributed by atoms with Gasteiger partial charge in [0, 0.05) is 6.42 Å². The predicted molar refractivity (Wildman–Crippen MR) is 114 cm³/mol. The van der Waals surface area contributed by atoms with E-state index in [2.05, 4.69) is 20.8 Å². The third-order valence-corrected chi connectivity index (χ3v) is 10.4. The Hall–Kier alpha value is -0.650. The Kier molecular flexibility index (Phi) is 6.04. The standard InChI is InChI=1S/C25H42O5/c1-14(5-6-21(29)30-4)23-20(28)13-18-22-17(8-10-25(18,23)3)24(2)9-7-16(26)11-15(24)12-19(22)27/h14-20,22-23,26-28H,5-13H2,1-4H3/t14-,15+,16-,17+,18+,19-,20-,22-,23+,24+,25+/m1/s1. The van der Waals surface area contributed by atoms with Gasteiger partial charge in [0.2, 0.25) is 0 Å². The lowest BCUT2D eigenvalue weighted by Crippen LogP contribution is -2.58. The van der Waals surface area contributed by atoms with Gasteiger partial charge < -0.3 is 20.1 Å². The number of methoxy groups -OCH3 is 1. The minimum Gasteiger partial charge on any atom is -0.469 e. The van der Waals surface area contributed by atoms with Crippen LogP contribution in [-0.4, -0.2) is 46.7 Å². The minimum absolute atomic E-state index is 0.00841. The molecule has 5 heteroatoms. The third-order valence-electron chi connectivity index (χ3n) is 10.4.